The molecule has 10 heteroatoms. The van der Waals surface area contributed by atoms with Crippen molar-refractivity contribution in [3.8, 4) is 5.75 Å². The van der Waals surface area contributed by atoms with E-state index < -0.39 is 0 Å². The van der Waals surface area contributed by atoms with E-state index in [2.05, 4.69) is 19.8 Å². The monoisotopic (exact) mass is 374 g/mol. The van der Waals surface area contributed by atoms with Crippen LogP contribution in [0, 0.1) is 0 Å². The van der Waals surface area contributed by atoms with Crippen LogP contribution in [0.3, 0.4) is 0 Å². The summed E-state index contributed by atoms with van der Waals surface area (Å²) in [6.07, 6.45) is 0. The molecule has 3 rings (SSSR count). The van der Waals surface area contributed by atoms with Gasteiger partial charge >= 0.3 is 0 Å². The Morgan fingerprint density at radius 1 is 1.14 bits per heavy atom. The molecule has 22 heavy (non-hydrogen) atoms. The molecule has 114 valence electrons. The molecule has 0 aliphatic heterocycles. The fraction of sp³-hybridized carbons (Fsp3) is 0.167. The van der Waals surface area contributed by atoms with Crippen molar-refractivity contribution in [3.05, 3.63) is 45.2 Å². The predicted octanol–water partition coefficient (Wildman–Crippen LogP) is 4.10. The number of hydrogen-bond acceptors (Lipinski definition) is 8. The van der Waals surface area contributed by atoms with Crippen LogP contribution < -0.4 is 4.74 Å². The Kier molecular flexibility index (Phi) is 5.14. The molecule has 1 aromatic carbocycles. The Labute approximate surface area is 144 Å². The summed E-state index contributed by atoms with van der Waals surface area (Å²) in [7, 11) is 0. The fourth-order valence-corrected chi connectivity index (χ4v) is 3.08. The molecule has 0 saturated heterocycles. The molecule has 2 aromatic heterocycles. The van der Waals surface area contributed by atoms with Crippen LogP contribution in [-0.4, -0.2) is 19.8 Å². The van der Waals surface area contributed by atoms with Crippen molar-refractivity contribution in [2.45, 2.75) is 17.6 Å². The van der Waals surface area contributed by atoms with Crippen molar-refractivity contribution in [3.63, 3.8) is 0 Å². The van der Waals surface area contributed by atoms with Crippen LogP contribution in [0.15, 0.2) is 33.9 Å². The van der Waals surface area contributed by atoms with E-state index in [1.54, 1.807) is 24.3 Å². The highest BCUT2D eigenvalue weighted by atomic mass is 35.5. The van der Waals surface area contributed by atoms with Gasteiger partial charge in [-0.2, -0.15) is 0 Å². The molecular formula is C12H8Cl2N4O2S2. The van der Waals surface area contributed by atoms with Crippen molar-refractivity contribution in [1.29, 1.82) is 0 Å². The van der Waals surface area contributed by atoms with Gasteiger partial charge in [0, 0.05) is 22.3 Å². The average molecular weight is 375 g/mol. The molecule has 0 amide bonds. The van der Waals surface area contributed by atoms with E-state index in [9.17, 15) is 0 Å². The summed E-state index contributed by atoms with van der Waals surface area (Å²) in [5.74, 6) is 1.59. The summed E-state index contributed by atoms with van der Waals surface area (Å²) in [6, 6.07) is 7.03. The molecule has 0 bridgehead atoms. The number of hydrogen-bond donors (Lipinski definition) is 0. The third-order valence-corrected chi connectivity index (χ3v) is 4.53. The number of benzene rings is 1. The summed E-state index contributed by atoms with van der Waals surface area (Å²) in [5, 5.41) is 12.8. The minimum Gasteiger partial charge on any atom is -0.484 e. The maximum atomic E-state index is 5.92. The molecule has 0 N–H and O–H groups in total. The van der Waals surface area contributed by atoms with Gasteiger partial charge in [-0.15, -0.1) is 15.3 Å². The third-order valence-electron chi connectivity index (χ3n) is 2.47. The van der Waals surface area contributed by atoms with Crippen LogP contribution in [0.2, 0.25) is 9.36 Å². The summed E-state index contributed by atoms with van der Waals surface area (Å²) < 4.78 is 15.3. The lowest BCUT2D eigenvalue weighted by atomic mass is 10.3. The third kappa shape index (κ3) is 4.10. The molecule has 0 spiro atoms. The second-order valence-electron chi connectivity index (χ2n) is 3.99. The number of aromatic nitrogens is 4. The molecule has 6 nitrogen and oxygen atoms in total. The van der Waals surface area contributed by atoms with E-state index >= 15 is 0 Å². The molecule has 0 fully saturated rings. The molecule has 0 aliphatic carbocycles. The first-order chi connectivity index (χ1) is 10.7. The Hall–Kier alpha value is -1.35. The fourth-order valence-electron chi connectivity index (χ4n) is 1.44. The first-order valence-corrected chi connectivity index (χ1v) is 8.52. The molecule has 0 unspecified atom stereocenters. The predicted molar refractivity (Wildman–Crippen MR) is 84.6 cm³/mol. The van der Waals surface area contributed by atoms with Crippen LogP contribution in [0.5, 0.6) is 5.75 Å². The molecule has 0 aliphatic rings. The van der Waals surface area contributed by atoms with Gasteiger partial charge in [0.1, 0.15) is 15.8 Å². The molecule has 2 heterocycles. The van der Waals surface area contributed by atoms with E-state index in [4.69, 9.17) is 32.4 Å². The highest BCUT2D eigenvalue weighted by molar-refractivity contribution is 7.98. The zero-order valence-corrected chi connectivity index (χ0v) is 14.0. The van der Waals surface area contributed by atoms with Gasteiger partial charge in [0.15, 0.2) is 6.61 Å². The quantitative estimate of drug-likeness (QED) is 0.601. The van der Waals surface area contributed by atoms with Gasteiger partial charge < -0.3 is 9.15 Å². The summed E-state index contributed by atoms with van der Waals surface area (Å²) in [4.78, 5) is 0. The highest BCUT2D eigenvalue weighted by Gasteiger charge is 2.11. The van der Waals surface area contributed by atoms with Crippen LogP contribution in [0.1, 0.15) is 11.6 Å². The number of thioether (sulfide) groups is 1. The minimum absolute atomic E-state index is 0.189. The number of nitrogens with zero attached hydrogens (tertiary/aromatic N) is 4. The Morgan fingerprint density at radius 3 is 2.68 bits per heavy atom. The lowest BCUT2D eigenvalue weighted by molar-refractivity contribution is 0.252. The van der Waals surface area contributed by atoms with E-state index in [-0.39, 0.29) is 6.61 Å². The van der Waals surface area contributed by atoms with E-state index in [1.807, 2.05) is 0 Å². The number of rotatable bonds is 6. The van der Waals surface area contributed by atoms with Crippen LogP contribution in [0.25, 0.3) is 0 Å². The van der Waals surface area contributed by atoms with Crippen molar-refractivity contribution < 1.29 is 9.15 Å². The second kappa shape index (κ2) is 7.28. The largest absolute Gasteiger partial charge is 0.484 e. The molecule has 0 radical (unpaired) electrons. The van der Waals surface area contributed by atoms with E-state index in [0.717, 1.165) is 11.5 Å². The number of halogens is 2. The van der Waals surface area contributed by atoms with E-state index in [1.165, 1.54) is 11.8 Å². The Balaban J connectivity index is 1.52. The number of ether oxygens (including phenoxy) is 1. The molecular weight excluding hydrogens is 367 g/mol. The summed E-state index contributed by atoms with van der Waals surface area (Å²) in [6.45, 7) is 0.189. The normalized spacial score (nSPS) is 10.8. The van der Waals surface area contributed by atoms with Crippen LogP contribution in [0.4, 0.5) is 0 Å². The van der Waals surface area contributed by atoms with Crippen LogP contribution in [-0.2, 0) is 12.4 Å². The van der Waals surface area contributed by atoms with Crippen molar-refractivity contribution >= 4 is 46.5 Å². The summed E-state index contributed by atoms with van der Waals surface area (Å²) >= 11 is 14.2. The van der Waals surface area contributed by atoms with Crippen molar-refractivity contribution in [2.75, 3.05) is 0 Å². The second-order valence-corrected chi connectivity index (χ2v) is 6.71. The van der Waals surface area contributed by atoms with Crippen molar-refractivity contribution in [1.82, 2.24) is 19.8 Å². The van der Waals surface area contributed by atoms with E-state index in [0.29, 0.717) is 37.7 Å². The average Bonchev–Trinajstić information content (AvgIpc) is 3.13. The first-order valence-electron chi connectivity index (χ1n) is 6.01. The van der Waals surface area contributed by atoms with Crippen LogP contribution >= 0.6 is 46.5 Å². The van der Waals surface area contributed by atoms with Gasteiger partial charge in [0.2, 0.25) is 0 Å². The van der Waals surface area contributed by atoms with Gasteiger partial charge in [0.25, 0.3) is 11.1 Å². The summed E-state index contributed by atoms with van der Waals surface area (Å²) in [5.41, 5.74) is 0.703. The lowest BCUT2D eigenvalue weighted by Crippen LogP contribution is -1.95. The topological polar surface area (TPSA) is 73.9 Å². The Bertz CT molecular complexity index is 748. The van der Waals surface area contributed by atoms with Gasteiger partial charge in [-0.3, -0.25) is 0 Å². The first kappa shape index (κ1) is 15.5. The van der Waals surface area contributed by atoms with Gasteiger partial charge in [-0.25, -0.2) is 0 Å². The van der Waals surface area contributed by atoms with Crippen molar-refractivity contribution in [2.24, 2.45) is 0 Å². The molecule has 0 atom stereocenters. The van der Waals surface area contributed by atoms with Gasteiger partial charge in [-0.1, -0.05) is 39.5 Å². The maximum absolute atomic E-state index is 5.92. The molecule has 3 aromatic rings. The SMILES string of the molecule is Clc1ccc(OCc2nnc(SCc3nnsc3Cl)o2)cc1. The standard InChI is InChI=1S/C12H8Cl2N4O2S2/c13-7-1-3-8(4-2-7)19-5-10-16-17-12(20-10)21-6-9-11(14)22-18-15-9/h1-4H,5-6H2. The zero-order chi connectivity index (χ0) is 15.4. The molecule has 0 saturated carbocycles. The van der Waals surface area contributed by atoms with Gasteiger partial charge in [-0.05, 0) is 24.3 Å². The zero-order valence-electron chi connectivity index (χ0n) is 10.9. The minimum atomic E-state index is 0.189. The van der Waals surface area contributed by atoms with Gasteiger partial charge in [0.05, 0.1) is 0 Å². The smallest absolute Gasteiger partial charge is 0.277 e. The maximum Gasteiger partial charge on any atom is 0.277 e. The highest BCUT2D eigenvalue weighted by Crippen LogP contribution is 2.26. The lowest BCUT2D eigenvalue weighted by Gasteiger charge is -2.02. The Morgan fingerprint density at radius 2 is 1.95 bits per heavy atom.